The van der Waals surface area contributed by atoms with E-state index in [1.807, 2.05) is 11.8 Å². The largest absolute Gasteiger partial charge is 0.394 e. The number of ether oxygens (including phenoxy) is 1. The predicted octanol–water partition coefficient (Wildman–Crippen LogP) is 1.21. The Morgan fingerprint density at radius 2 is 2.27 bits per heavy atom. The molecule has 15 heavy (non-hydrogen) atoms. The van der Waals surface area contributed by atoms with Crippen LogP contribution in [0.1, 0.15) is 19.3 Å². The molecule has 90 valence electrons. The number of thioether (sulfide) groups is 1. The van der Waals surface area contributed by atoms with Gasteiger partial charge in [-0.25, -0.2) is 0 Å². The summed E-state index contributed by atoms with van der Waals surface area (Å²) < 4.78 is 5.30. The molecule has 0 aromatic carbocycles. The zero-order valence-corrected chi connectivity index (χ0v) is 10.5. The number of hydrogen-bond acceptors (Lipinski definition) is 4. The van der Waals surface area contributed by atoms with E-state index in [1.54, 1.807) is 0 Å². The lowest BCUT2D eigenvalue weighted by atomic mass is 10.2. The Balaban J connectivity index is 2.15. The maximum absolute atomic E-state index is 8.59. The summed E-state index contributed by atoms with van der Waals surface area (Å²) in [6, 6.07) is 0. The summed E-state index contributed by atoms with van der Waals surface area (Å²) >= 11 is 1.98. The maximum atomic E-state index is 8.59. The highest BCUT2D eigenvalue weighted by atomic mass is 32.2. The molecule has 1 rings (SSSR count). The number of likely N-dealkylation sites (tertiary alicyclic amines) is 1. The zero-order chi connectivity index (χ0) is 10.9. The Kier molecular flexibility index (Phi) is 7.44. The first-order valence-electron chi connectivity index (χ1n) is 5.80. The van der Waals surface area contributed by atoms with Crippen LogP contribution in [0.3, 0.4) is 0 Å². The van der Waals surface area contributed by atoms with E-state index in [2.05, 4.69) is 11.2 Å². The molecule has 1 heterocycles. The van der Waals surface area contributed by atoms with Crippen LogP contribution < -0.4 is 0 Å². The van der Waals surface area contributed by atoms with Crippen molar-refractivity contribution < 1.29 is 9.84 Å². The number of nitrogens with zero attached hydrogens (tertiary/aromatic N) is 1. The first kappa shape index (κ1) is 13.3. The summed E-state index contributed by atoms with van der Waals surface area (Å²) in [5.74, 6) is 0. The van der Waals surface area contributed by atoms with Gasteiger partial charge in [-0.1, -0.05) is 6.42 Å². The van der Waals surface area contributed by atoms with Crippen molar-refractivity contribution in [2.75, 3.05) is 45.7 Å². The molecule has 1 N–H and O–H groups in total. The third-order valence-electron chi connectivity index (χ3n) is 2.83. The van der Waals surface area contributed by atoms with Crippen molar-refractivity contribution in [3.63, 3.8) is 0 Å². The predicted molar refractivity (Wildman–Crippen MR) is 65.5 cm³/mol. The highest BCUT2D eigenvalue weighted by Crippen LogP contribution is 2.19. The molecule has 4 heteroatoms. The van der Waals surface area contributed by atoms with E-state index in [4.69, 9.17) is 9.84 Å². The zero-order valence-electron chi connectivity index (χ0n) is 9.65. The minimum absolute atomic E-state index is 0.132. The molecule has 0 aromatic heterocycles. The van der Waals surface area contributed by atoms with Gasteiger partial charge in [0.1, 0.15) is 0 Å². The summed E-state index contributed by atoms with van der Waals surface area (Å²) in [6.07, 6.45) is 6.24. The molecule has 1 atom stereocenters. The third kappa shape index (κ3) is 5.76. The van der Waals surface area contributed by atoms with Crippen molar-refractivity contribution >= 4 is 11.8 Å². The summed E-state index contributed by atoms with van der Waals surface area (Å²) in [6.45, 7) is 4.77. The van der Waals surface area contributed by atoms with Crippen molar-refractivity contribution in [3.05, 3.63) is 0 Å². The molecule has 3 nitrogen and oxygen atoms in total. The van der Waals surface area contributed by atoms with Crippen LogP contribution in [0.15, 0.2) is 0 Å². The van der Waals surface area contributed by atoms with Gasteiger partial charge in [-0.15, -0.1) is 0 Å². The fraction of sp³-hybridized carbons (Fsp3) is 1.00. The van der Waals surface area contributed by atoms with Crippen molar-refractivity contribution in [2.24, 2.45) is 0 Å². The second-order valence-corrected chi connectivity index (χ2v) is 5.13. The van der Waals surface area contributed by atoms with Crippen molar-refractivity contribution in [1.29, 1.82) is 0 Å². The average Bonchev–Trinajstić information content (AvgIpc) is 2.49. The molecule has 0 amide bonds. The second-order valence-electron chi connectivity index (χ2n) is 3.99. The van der Waals surface area contributed by atoms with Crippen LogP contribution in [0.5, 0.6) is 0 Å². The standard InChI is InChI=1S/C11H23NO2S/c1-15-11-4-2-3-5-12(10-11)6-8-14-9-7-13/h11,13H,2-10H2,1H3. The molecule has 0 saturated carbocycles. The van der Waals surface area contributed by atoms with Crippen LogP contribution in [0, 0.1) is 0 Å². The summed E-state index contributed by atoms with van der Waals surface area (Å²) in [7, 11) is 0. The van der Waals surface area contributed by atoms with Gasteiger partial charge in [0.05, 0.1) is 19.8 Å². The lowest BCUT2D eigenvalue weighted by molar-refractivity contribution is 0.0746. The number of rotatable bonds is 6. The fourth-order valence-electron chi connectivity index (χ4n) is 1.93. The quantitative estimate of drug-likeness (QED) is 0.699. The summed E-state index contributed by atoms with van der Waals surface area (Å²) in [5.41, 5.74) is 0. The Bertz CT molecular complexity index is 158. The van der Waals surface area contributed by atoms with Gasteiger partial charge in [-0.3, -0.25) is 4.90 Å². The molecular formula is C11H23NO2S. The molecule has 1 unspecified atom stereocenters. The smallest absolute Gasteiger partial charge is 0.0698 e. The van der Waals surface area contributed by atoms with Crippen LogP contribution in [0.4, 0.5) is 0 Å². The molecule has 0 spiro atoms. The first-order chi connectivity index (χ1) is 7.36. The maximum Gasteiger partial charge on any atom is 0.0698 e. The van der Waals surface area contributed by atoms with Gasteiger partial charge < -0.3 is 9.84 Å². The average molecular weight is 233 g/mol. The van der Waals surface area contributed by atoms with E-state index in [9.17, 15) is 0 Å². The van der Waals surface area contributed by atoms with Gasteiger partial charge in [0.15, 0.2) is 0 Å². The van der Waals surface area contributed by atoms with Crippen molar-refractivity contribution in [2.45, 2.75) is 24.5 Å². The van der Waals surface area contributed by atoms with Crippen molar-refractivity contribution in [1.82, 2.24) is 4.90 Å². The monoisotopic (exact) mass is 233 g/mol. The van der Waals surface area contributed by atoms with Gasteiger partial charge in [0.25, 0.3) is 0 Å². The van der Waals surface area contributed by atoms with Gasteiger partial charge in [-0.2, -0.15) is 11.8 Å². The number of aliphatic hydroxyl groups is 1. The molecule has 0 aromatic rings. The Morgan fingerprint density at radius 1 is 1.40 bits per heavy atom. The number of aliphatic hydroxyl groups excluding tert-OH is 1. The van der Waals surface area contributed by atoms with Gasteiger partial charge in [0, 0.05) is 18.3 Å². The first-order valence-corrected chi connectivity index (χ1v) is 7.09. The van der Waals surface area contributed by atoms with Crippen LogP contribution in [-0.2, 0) is 4.74 Å². The van der Waals surface area contributed by atoms with E-state index in [0.29, 0.717) is 6.61 Å². The third-order valence-corrected chi connectivity index (χ3v) is 3.88. The SMILES string of the molecule is CSC1CCCCN(CCOCCO)C1. The van der Waals surface area contributed by atoms with Gasteiger partial charge in [-0.05, 0) is 25.6 Å². The minimum atomic E-state index is 0.132. The van der Waals surface area contributed by atoms with E-state index in [-0.39, 0.29) is 6.61 Å². The number of hydrogen-bond donors (Lipinski definition) is 1. The summed E-state index contributed by atoms with van der Waals surface area (Å²) in [4.78, 5) is 2.49. The van der Waals surface area contributed by atoms with E-state index in [1.165, 1.54) is 32.4 Å². The molecule has 0 aliphatic carbocycles. The second kappa shape index (κ2) is 8.39. The Labute approximate surface area is 97.2 Å². The molecule has 0 bridgehead atoms. The van der Waals surface area contributed by atoms with Crippen LogP contribution >= 0.6 is 11.8 Å². The van der Waals surface area contributed by atoms with Crippen LogP contribution in [0.25, 0.3) is 0 Å². The molecular weight excluding hydrogens is 210 g/mol. The fourth-order valence-corrected chi connectivity index (χ4v) is 2.70. The molecule has 1 saturated heterocycles. The highest BCUT2D eigenvalue weighted by Gasteiger charge is 2.16. The lowest BCUT2D eigenvalue weighted by Crippen LogP contribution is -2.32. The molecule has 1 aliphatic rings. The van der Waals surface area contributed by atoms with Gasteiger partial charge >= 0.3 is 0 Å². The van der Waals surface area contributed by atoms with Crippen LogP contribution in [0.2, 0.25) is 0 Å². The van der Waals surface area contributed by atoms with Gasteiger partial charge in [0.2, 0.25) is 0 Å². The highest BCUT2D eigenvalue weighted by molar-refractivity contribution is 7.99. The van der Waals surface area contributed by atoms with Crippen molar-refractivity contribution in [3.8, 4) is 0 Å². The molecule has 1 aliphatic heterocycles. The summed E-state index contributed by atoms with van der Waals surface area (Å²) in [5, 5.41) is 9.38. The molecule has 0 radical (unpaired) electrons. The van der Waals surface area contributed by atoms with E-state index >= 15 is 0 Å². The lowest BCUT2D eigenvalue weighted by Gasteiger charge is -2.22. The molecule has 1 fully saturated rings. The van der Waals surface area contributed by atoms with E-state index in [0.717, 1.165) is 18.4 Å². The topological polar surface area (TPSA) is 32.7 Å². The Morgan fingerprint density at radius 3 is 3.00 bits per heavy atom. The minimum Gasteiger partial charge on any atom is -0.394 e. The van der Waals surface area contributed by atoms with Crippen LogP contribution in [-0.4, -0.2) is 61.0 Å². The van der Waals surface area contributed by atoms with E-state index < -0.39 is 0 Å². The Hall–Kier alpha value is 0.230. The normalized spacial score (nSPS) is 24.0.